The van der Waals surface area contributed by atoms with Crippen molar-refractivity contribution in [3.05, 3.63) is 47.5 Å². The molecule has 2 aromatic carbocycles. The summed E-state index contributed by atoms with van der Waals surface area (Å²) in [6.07, 6.45) is -2.58. The van der Waals surface area contributed by atoms with E-state index in [1.807, 2.05) is 0 Å². The smallest absolute Gasteiger partial charge is 0.303 e. The summed E-state index contributed by atoms with van der Waals surface area (Å²) in [4.78, 5) is 23.8. The highest BCUT2D eigenvalue weighted by Gasteiger charge is 2.45. The quantitative estimate of drug-likeness (QED) is 0.662. The van der Waals surface area contributed by atoms with E-state index >= 15 is 0 Å². The van der Waals surface area contributed by atoms with E-state index in [0.29, 0.717) is 34.1 Å². The molecule has 1 aliphatic rings. The minimum Gasteiger partial charge on any atom is -0.497 e. The summed E-state index contributed by atoms with van der Waals surface area (Å²) in [6.45, 7) is 2.59. The first-order valence-corrected chi connectivity index (χ1v) is 9.29. The van der Waals surface area contributed by atoms with Crippen LogP contribution in [0, 0.1) is 0 Å². The van der Waals surface area contributed by atoms with Crippen molar-refractivity contribution in [2.75, 3.05) is 21.3 Å². The molecular weight excluding hydrogens is 392 g/mol. The fraction of sp³-hybridized carbons (Fsp3) is 0.364. The Labute approximate surface area is 174 Å². The number of hydrogen-bond donors (Lipinski definition) is 0. The maximum atomic E-state index is 11.9. The number of esters is 2. The van der Waals surface area contributed by atoms with Crippen LogP contribution in [0.3, 0.4) is 0 Å². The van der Waals surface area contributed by atoms with Gasteiger partial charge in [-0.15, -0.1) is 0 Å². The van der Waals surface area contributed by atoms with E-state index in [1.165, 1.54) is 28.1 Å². The van der Waals surface area contributed by atoms with Crippen LogP contribution in [0.4, 0.5) is 0 Å². The summed E-state index contributed by atoms with van der Waals surface area (Å²) in [5.41, 5.74) is 1.22. The molecule has 0 aromatic heterocycles. The lowest BCUT2D eigenvalue weighted by Crippen LogP contribution is -2.39. The van der Waals surface area contributed by atoms with Gasteiger partial charge in [-0.1, -0.05) is 12.1 Å². The topological polar surface area (TPSA) is 89.5 Å². The van der Waals surface area contributed by atoms with E-state index in [-0.39, 0.29) is 0 Å². The van der Waals surface area contributed by atoms with Gasteiger partial charge in [0.05, 0.1) is 21.3 Å². The second-order valence-electron chi connectivity index (χ2n) is 6.64. The lowest BCUT2D eigenvalue weighted by Gasteiger charge is -2.39. The highest BCUT2D eigenvalue weighted by Crippen LogP contribution is 2.51. The molecule has 30 heavy (non-hydrogen) atoms. The molecule has 1 aliphatic heterocycles. The molecule has 0 spiro atoms. The van der Waals surface area contributed by atoms with Gasteiger partial charge in [0.15, 0.2) is 29.8 Å². The van der Waals surface area contributed by atoms with Crippen LogP contribution in [0.25, 0.3) is 0 Å². The molecule has 0 N–H and O–H groups in total. The number of carbonyl (C=O) groups excluding carboxylic acids is 2. The van der Waals surface area contributed by atoms with Crippen molar-refractivity contribution >= 4 is 11.9 Å². The maximum absolute atomic E-state index is 11.9. The summed E-state index contributed by atoms with van der Waals surface area (Å²) in [7, 11) is 4.57. The molecule has 0 aliphatic carbocycles. The minimum atomic E-state index is -0.912. The summed E-state index contributed by atoms with van der Waals surface area (Å²) in [5.74, 6) is 0.780. The van der Waals surface area contributed by atoms with Crippen LogP contribution >= 0.6 is 0 Å². The number of fused-ring (bicyclic) bond motifs is 1. The lowest BCUT2D eigenvalue weighted by molar-refractivity contribution is -0.178. The van der Waals surface area contributed by atoms with Crippen molar-refractivity contribution in [3.8, 4) is 23.0 Å². The molecule has 3 atom stereocenters. The Kier molecular flexibility index (Phi) is 6.34. The van der Waals surface area contributed by atoms with E-state index in [2.05, 4.69) is 0 Å². The first-order chi connectivity index (χ1) is 14.4. The van der Waals surface area contributed by atoms with Crippen molar-refractivity contribution in [2.24, 2.45) is 0 Å². The Morgan fingerprint density at radius 1 is 0.833 bits per heavy atom. The minimum absolute atomic E-state index is 0.354. The second kappa shape index (κ2) is 8.94. The van der Waals surface area contributed by atoms with Crippen molar-refractivity contribution in [3.63, 3.8) is 0 Å². The molecule has 2 aromatic rings. The molecule has 0 bridgehead atoms. The molecule has 1 heterocycles. The average Bonchev–Trinajstić information content (AvgIpc) is 2.73. The van der Waals surface area contributed by atoms with Crippen LogP contribution < -0.4 is 18.9 Å². The molecule has 8 nitrogen and oxygen atoms in total. The Morgan fingerprint density at radius 3 is 2.03 bits per heavy atom. The molecule has 160 valence electrons. The van der Waals surface area contributed by atoms with Gasteiger partial charge in [0.25, 0.3) is 0 Å². The molecule has 0 radical (unpaired) electrons. The monoisotopic (exact) mass is 416 g/mol. The molecule has 3 rings (SSSR count). The standard InChI is InChI=1S/C22H24O8/c1-12(23)28-20-16-10-11-17(26-4)21(27-5)19(16)30-18(22(20)29-13(2)24)14-6-8-15(25-3)9-7-14/h6-11,18,20,22H,1-5H3/t18-,20-,22+/m1/s1. The van der Waals surface area contributed by atoms with E-state index in [1.54, 1.807) is 43.5 Å². The van der Waals surface area contributed by atoms with Crippen LogP contribution in [-0.4, -0.2) is 39.4 Å². The molecule has 0 amide bonds. The number of benzene rings is 2. The zero-order valence-electron chi connectivity index (χ0n) is 17.5. The maximum Gasteiger partial charge on any atom is 0.303 e. The largest absolute Gasteiger partial charge is 0.497 e. The third-order valence-corrected chi connectivity index (χ3v) is 4.72. The number of hydrogen-bond acceptors (Lipinski definition) is 8. The predicted octanol–water partition coefficient (Wildman–Crippen LogP) is 3.38. The van der Waals surface area contributed by atoms with E-state index in [9.17, 15) is 9.59 Å². The van der Waals surface area contributed by atoms with Crippen molar-refractivity contribution in [1.82, 2.24) is 0 Å². The highest BCUT2D eigenvalue weighted by atomic mass is 16.6. The highest BCUT2D eigenvalue weighted by molar-refractivity contribution is 5.69. The first-order valence-electron chi connectivity index (χ1n) is 9.29. The van der Waals surface area contributed by atoms with Gasteiger partial charge in [-0.25, -0.2) is 0 Å². The molecule has 0 unspecified atom stereocenters. The van der Waals surface area contributed by atoms with Gasteiger partial charge in [0.2, 0.25) is 5.75 Å². The lowest BCUT2D eigenvalue weighted by atomic mass is 9.91. The Morgan fingerprint density at radius 2 is 1.50 bits per heavy atom. The molecule has 8 heteroatoms. The zero-order valence-corrected chi connectivity index (χ0v) is 17.5. The number of carbonyl (C=O) groups is 2. The Bertz CT molecular complexity index is 921. The normalized spacial score (nSPS) is 19.7. The number of ether oxygens (including phenoxy) is 6. The van der Waals surface area contributed by atoms with Gasteiger partial charge in [-0.3, -0.25) is 9.59 Å². The van der Waals surface area contributed by atoms with Gasteiger partial charge < -0.3 is 28.4 Å². The Balaban J connectivity index is 2.18. The van der Waals surface area contributed by atoms with Crippen molar-refractivity contribution in [2.45, 2.75) is 32.2 Å². The van der Waals surface area contributed by atoms with Gasteiger partial charge in [-0.2, -0.15) is 0 Å². The van der Waals surface area contributed by atoms with Gasteiger partial charge in [0.1, 0.15) is 5.75 Å². The van der Waals surface area contributed by atoms with E-state index in [0.717, 1.165) is 0 Å². The molecular formula is C22H24O8. The molecule has 0 saturated heterocycles. The van der Waals surface area contributed by atoms with Crippen LogP contribution in [0.15, 0.2) is 36.4 Å². The molecule has 0 fully saturated rings. The third-order valence-electron chi connectivity index (χ3n) is 4.72. The van der Waals surface area contributed by atoms with Crippen LogP contribution in [-0.2, 0) is 19.1 Å². The van der Waals surface area contributed by atoms with Gasteiger partial charge in [-0.05, 0) is 29.8 Å². The van der Waals surface area contributed by atoms with Gasteiger partial charge in [0, 0.05) is 19.4 Å². The van der Waals surface area contributed by atoms with Crippen LogP contribution in [0.2, 0.25) is 0 Å². The SMILES string of the molecule is COc1ccc([C@H]2Oc3c(ccc(OC)c3OC)[C@@H](OC(C)=O)[C@H]2OC(C)=O)cc1. The van der Waals surface area contributed by atoms with Crippen molar-refractivity contribution < 1.29 is 38.0 Å². The fourth-order valence-corrected chi connectivity index (χ4v) is 3.47. The summed E-state index contributed by atoms with van der Waals surface area (Å²) in [5, 5.41) is 0. The predicted molar refractivity (Wildman–Crippen MR) is 106 cm³/mol. The van der Waals surface area contributed by atoms with Crippen molar-refractivity contribution in [1.29, 1.82) is 0 Å². The average molecular weight is 416 g/mol. The summed E-state index contributed by atoms with van der Waals surface area (Å²) in [6, 6.07) is 10.5. The van der Waals surface area contributed by atoms with Crippen LogP contribution in [0.1, 0.15) is 37.2 Å². The first kappa shape index (κ1) is 21.3. The van der Waals surface area contributed by atoms with Gasteiger partial charge >= 0.3 is 11.9 Å². The number of rotatable bonds is 6. The van der Waals surface area contributed by atoms with Crippen LogP contribution in [0.5, 0.6) is 23.0 Å². The third kappa shape index (κ3) is 4.12. The summed E-state index contributed by atoms with van der Waals surface area (Å²) >= 11 is 0. The zero-order chi connectivity index (χ0) is 21.8. The van der Waals surface area contributed by atoms with E-state index < -0.39 is 30.3 Å². The van der Waals surface area contributed by atoms with E-state index in [4.69, 9.17) is 28.4 Å². The number of methoxy groups -OCH3 is 3. The molecule has 0 saturated carbocycles. The Hall–Kier alpha value is -3.42. The second-order valence-corrected chi connectivity index (χ2v) is 6.64. The summed E-state index contributed by atoms with van der Waals surface area (Å²) < 4.78 is 33.5. The fourth-order valence-electron chi connectivity index (χ4n) is 3.47.